The third-order valence-corrected chi connectivity index (χ3v) is 8.21. The number of hydrogen-bond acceptors (Lipinski definition) is 3. The smallest absolute Gasteiger partial charge is 0.143 e. The van der Waals surface area contributed by atoms with Crippen molar-refractivity contribution in [3.05, 3.63) is 77.7 Å². The lowest BCUT2D eigenvalue weighted by Crippen LogP contribution is -2.12. The van der Waals surface area contributed by atoms with Crippen molar-refractivity contribution >= 4 is 53.3 Å². The summed E-state index contributed by atoms with van der Waals surface area (Å²) in [5, 5.41) is 6.20. The van der Waals surface area contributed by atoms with Gasteiger partial charge in [0.2, 0.25) is 0 Å². The standard InChI is InChI=1S/C32H31NOS/c1-18(2)15-25-19(3)22-11-12-26-29(31(22)34-25)28-27(35-26)13-14-33-30(28)21-16-20-9-7-8-10-23(20)24(17-21)32(4,5)6/h7-14,16-18H,15H2,1-6H3. The third-order valence-electron chi connectivity index (χ3n) is 7.09. The second-order valence-corrected chi connectivity index (χ2v) is 12.3. The van der Waals surface area contributed by atoms with Crippen LogP contribution in [0.25, 0.3) is 53.2 Å². The minimum atomic E-state index is 0.0252. The van der Waals surface area contributed by atoms with E-state index in [4.69, 9.17) is 9.40 Å². The highest BCUT2D eigenvalue weighted by molar-refractivity contribution is 7.26. The van der Waals surface area contributed by atoms with Crippen LogP contribution in [0, 0.1) is 12.8 Å². The molecule has 3 heteroatoms. The molecule has 3 heterocycles. The third kappa shape index (κ3) is 3.56. The molecular weight excluding hydrogens is 446 g/mol. The van der Waals surface area contributed by atoms with E-state index in [1.165, 1.54) is 53.0 Å². The van der Waals surface area contributed by atoms with Crippen LogP contribution in [0.3, 0.4) is 0 Å². The fourth-order valence-corrected chi connectivity index (χ4v) is 6.48. The van der Waals surface area contributed by atoms with Crippen molar-refractivity contribution in [1.82, 2.24) is 4.98 Å². The summed E-state index contributed by atoms with van der Waals surface area (Å²) in [5.74, 6) is 1.66. The number of benzene rings is 3. The molecule has 3 aromatic heterocycles. The molecule has 0 N–H and O–H groups in total. The zero-order valence-electron chi connectivity index (χ0n) is 21.3. The van der Waals surface area contributed by atoms with Gasteiger partial charge in [-0.2, -0.15) is 0 Å². The van der Waals surface area contributed by atoms with E-state index < -0.39 is 0 Å². The van der Waals surface area contributed by atoms with Crippen LogP contribution in [0.2, 0.25) is 0 Å². The van der Waals surface area contributed by atoms with Gasteiger partial charge in [0.05, 0.1) is 5.69 Å². The molecule has 0 radical (unpaired) electrons. The molecule has 176 valence electrons. The molecule has 3 aromatic carbocycles. The van der Waals surface area contributed by atoms with Gasteiger partial charge in [0.15, 0.2) is 0 Å². The molecule has 0 aliphatic carbocycles. The summed E-state index contributed by atoms with van der Waals surface area (Å²) in [4.78, 5) is 4.98. The maximum Gasteiger partial charge on any atom is 0.143 e. The van der Waals surface area contributed by atoms with Crippen molar-refractivity contribution in [3.63, 3.8) is 0 Å². The second kappa shape index (κ2) is 7.93. The molecule has 0 spiro atoms. The summed E-state index contributed by atoms with van der Waals surface area (Å²) in [6.07, 6.45) is 2.91. The summed E-state index contributed by atoms with van der Waals surface area (Å²) in [5.41, 5.74) is 5.85. The van der Waals surface area contributed by atoms with Crippen LogP contribution >= 0.6 is 11.3 Å². The number of pyridine rings is 1. The average Bonchev–Trinajstić information content (AvgIpc) is 3.34. The number of furan rings is 1. The van der Waals surface area contributed by atoms with Crippen molar-refractivity contribution in [1.29, 1.82) is 0 Å². The summed E-state index contributed by atoms with van der Waals surface area (Å²) < 4.78 is 9.11. The Kier molecular flexibility index (Phi) is 5.05. The Hall–Kier alpha value is -3.17. The van der Waals surface area contributed by atoms with E-state index in [1.807, 2.05) is 17.5 Å². The molecule has 0 atom stereocenters. The SMILES string of the molecule is Cc1c(CC(C)C)oc2c1ccc1sc3ccnc(-c4cc(C(C)(C)C)c5ccccc5c4)c3c12. The van der Waals surface area contributed by atoms with Gasteiger partial charge in [-0.25, -0.2) is 0 Å². The van der Waals surface area contributed by atoms with Gasteiger partial charge >= 0.3 is 0 Å². The van der Waals surface area contributed by atoms with Crippen molar-refractivity contribution in [2.24, 2.45) is 5.92 Å². The Balaban J connectivity index is 1.71. The molecule has 0 saturated carbocycles. The number of rotatable bonds is 3. The highest BCUT2D eigenvalue weighted by atomic mass is 32.1. The fourth-order valence-electron chi connectivity index (χ4n) is 5.38. The molecule has 6 aromatic rings. The molecule has 35 heavy (non-hydrogen) atoms. The number of nitrogens with zero attached hydrogens (tertiary/aromatic N) is 1. The summed E-state index contributed by atoms with van der Waals surface area (Å²) in [6.45, 7) is 13.6. The Morgan fingerprint density at radius 2 is 1.69 bits per heavy atom. The summed E-state index contributed by atoms with van der Waals surface area (Å²) >= 11 is 1.83. The zero-order chi connectivity index (χ0) is 24.5. The van der Waals surface area contributed by atoms with E-state index in [1.54, 1.807) is 0 Å². The predicted octanol–water partition coefficient (Wildman–Crippen LogP) is 9.82. The molecule has 2 nitrogen and oxygen atoms in total. The van der Waals surface area contributed by atoms with Crippen LogP contribution < -0.4 is 0 Å². The number of fused-ring (bicyclic) bond motifs is 6. The fraction of sp³-hybridized carbons (Fsp3) is 0.281. The number of aromatic nitrogens is 1. The van der Waals surface area contributed by atoms with Gasteiger partial charge in [-0.15, -0.1) is 11.3 Å². The van der Waals surface area contributed by atoms with Crippen molar-refractivity contribution in [3.8, 4) is 11.3 Å². The van der Waals surface area contributed by atoms with Gasteiger partial charge < -0.3 is 4.42 Å². The molecule has 0 bridgehead atoms. The molecule has 0 fully saturated rings. The van der Waals surface area contributed by atoms with Gasteiger partial charge in [0.1, 0.15) is 11.3 Å². The second-order valence-electron chi connectivity index (χ2n) is 11.2. The normalized spacial score (nSPS) is 12.7. The van der Waals surface area contributed by atoms with Crippen LogP contribution in [0.4, 0.5) is 0 Å². The molecular formula is C32H31NOS. The van der Waals surface area contributed by atoms with Crippen LogP contribution in [0.5, 0.6) is 0 Å². The molecule has 0 amide bonds. The van der Waals surface area contributed by atoms with Gasteiger partial charge in [-0.3, -0.25) is 4.98 Å². The van der Waals surface area contributed by atoms with Gasteiger partial charge in [0, 0.05) is 43.7 Å². The molecule has 0 aliphatic heterocycles. The lowest BCUT2D eigenvalue weighted by Gasteiger charge is -2.23. The molecule has 0 saturated heterocycles. The first-order chi connectivity index (χ1) is 16.7. The minimum absolute atomic E-state index is 0.0252. The van der Waals surface area contributed by atoms with E-state index in [-0.39, 0.29) is 5.41 Å². The quantitative estimate of drug-likeness (QED) is 0.253. The summed E-state index contributed by atoms with van der Waals surface area (Å²) in [7, 11) is 0. The van der Waals surface area contributed by atoms with Crippen molar-refractivity contribution in [2.75, 3.05) is 0 Å². The van der Waals surface area contributed by atoms with Crippen molar-refractivity contribution in [2.45, 2.75) is 53.4 Å². The van der Waals surface area contributed by atoms with E-state index >= 15 is 0 Å². The monoisotopic (exact) mass is 477 g/mol. The number of aryl methyl sites for hydroxylation is 1. The Morgan fingerprint density at radius 3 is 2.46 bits per heavy atom. The van der Waals surface area contributed by atoms with Crippen LogP contribution in [-0.2, 0) is 11.8 Å². The predicted molar refractivity (Wildman–Crippen MR) is 152 cm³/mol. The number of hydrogen-bond donors (Lipinski definition) is 0. The van der Waals surface area contributed by atoms with Crippen molar-refractivity contribution < 1.29 is 4.42 Å². The molecule has 6 rings (SSSR count). The van der Waals surface area contributed by atoms with E-state index in [0.717, 1.165) is 23.5 Å². The van der Waals surface area contributed by atoms with Gasteiger partial charge in [0.25, 0.3) is 0 Å². The largest absolute Gasteiger partial charge is 0.460 e. The first kappa shape index (κ1) is 22.3. The van der Waals surface area contributed by atoms with Crippen LogP contribution in [0.15, 0.2) is 65.2 Å². The number of thiophene rings is 1. The van der Waals surface area contributed by atoms with Crippen LogP contribution in [-0.4, -0.2) is 4.98 Å². The minimum Gasteiger partial charge on any atom is -0.460 e. The van der Waals surface area contributed by atoms with Crippen LogP contribution in [0.1, 0.15) is 51.5 Å². The maximum atomic E-state index is 6.61. The first-order valence-electron chi connectivity index (χ1n) is 12.5. The Morgan fingerprint density at radius 1 is 0.914 bits per heavy atom. The molecule has 0 aliphatic rings. The highest BCUT2D eigenvalue weighted by Gasteiger charge is 2.22. The van der Waals surface area contributed by atoms with Gasteiger partial charge in [-0.1, -0.05) is 58.9 Å². The van der Waals surface area contributed by atoms with Gasteiger partial charge in [-0.05, 0) is 70.5 Å². The van der Waals surface area contributed by atoms with E-state index in [2.05, 4.69) is 96.1 Å². The highest BCUT2D eigenvalue weighted by Crippen LogP contribution is 2.45. The Labute approximate surface area is 210 Å². The average molecular weight is 478 g/mol. The maximum absolute atomic E-state index is 6.61. The lowest BCUT2D eigenvalue weighted by atomic mass is 9.82. The topological polar surface area (TPSA) is 26.0 Å². The first-order valence-corrected chi connectivity index (χ1v) is 13.3. The molecule has 0 unspecified atom stereocenters. The Bertz CT molecular complexity index is 1740. The van der Waals surface area contributed by atoms with E-state index in [0.29, 0.717) is 5.92 Å². The van der Waals surface area contributed by atoms with E-state index in [9.17, 15) is 0 Å². The summed E-state index contributed by atoms with van der Waals surface area (Å²) in [6, 6.07) is 20.0. The zero-order valence-corrected chi connectivity index (χ0v) is 22.1. The lowest BCUT2D eigenvalue weighted by molar-refractivity contribution is 0.498.